The summed E-state index contributed by atoms with van der Waals surface area (Å²) in [6, 6.07) is 1.96. The predicted octanol–water partition coefficient (Wildman–Crippen LogP) is 2.94. The Labute approximate surface area is 109 Å². The molecule has 5 nitrogen and oxygen atoms in total. The molecule has 0 spiro atoms. The van der Waals surface area contributed by atoms with Crippen LogP contribution >= 0.6 is 34.4 Å². The first-order valence-electron chi connectivity index (χ1n) is 4.66. The first kappa shape index (κ1) is 10.9. The van der Waals surface area contributed by atoms with Crippen molar-refractivity contribution in [3.8, 4) is 11.5 Å². The van der Waals surface area contributed by atoms with Crippen LogP contribution in [0.25, 0.3) is 11.5 Å². The van der Waals surface area contributed by atoms with E-state index in [2.05, 4.69) is 20.3 Å². The number of rotatable bonds is 4. The molecule has 0 saturated heterocycles. The Morgan fingerprint density at radius 1 is 1.41 bits per heavy atom. The third-order valence-electron chi connectivity index (χ3n) is 1.90. The van der Waals surface area contributed by atoms with E-state index in [1.807, 2.05) is 16.8 Å². The molecule has 0 aromatic carbocycles. The van der Waals surface area contributed by atoms with Crippen LogP contribution in [0.3, 0.4) is 0 Å². The third-order valence-corrected chi connectivity index (χ3v) is 4.44. The summed E-state index contributed by atoms with van der Waals surface area (Å²) in [5.41, 5.74) is 2.67. The van der Waals surface area contributed by atoms with E-state index in [1.165, 1.54) is 11.3 Å². The van der Waals surface area contributed by atoms with Crippen molar-refractivity contribution in [2.75, 3.05) is 0 Å². The van der Waals surface area contributed by atoms with Crippen LogP contribution < -0.4 is 0 Å². The molecule has 17 heavy (non-hydrogen) atoms. The molecule has 0 N–H and O–H groups in total. The highest BCUT2D eigenvalue weighted by Crippen LogP contribution is 2.24. The maximum Gasteiger partial charge on any atom is 0.258 e. The molecule has 3 aromatic rings. The number of aromatic nitrogens is 4. The number of thiophene rings is 1. The van der Waals surface area contributed by atoms with E-state index >= 15 is 0 Å². The van der Waals surface area contributed by atoms with Gasteiger partial charge in [0.2, 0.25) is 0 Å². The summed E-state index contributed by atoms with van der Waals surface area (Å²) in [5.74, 6) is 1.88. The van der Waals surface area contributed by atoms with E-state index in [-0.39, 0.29) is 0 Å². The zero-order chi connectivity index (χ0) is 11.5. The Hall–Kier alpha value is -1.25. The molecule has 0 bridgehead atoms. The van der Waals surface area contributed by atoms with Crippen LogP contribution in [0.2, 0.25) is 0 Å². The lowest BCUT2D eigenvalue weighted by Crippen LogP contribution is -1.83. The second kappa shape index (κ2) is 4.94. The van der Waals surface area contributed by atoms with Gasteiger partial charge in [0, 0.05) is 5.38 Å². The zero-order valence-corrected chi connectivity index (χ0v) is 10.9. The van der Waals surface area contributed by atoms with Crippen LogP contribution in [-0.2, 0) is 5.75 Å². The van der Waals surface area contributed by atoms with Crippen LogP contribution in [0, 0.1) is 0 Å². The molecular weight excluding hydrogens is 276 g/mol. The lowest BCUT2D eigenvalue weighted by Gasteiger charge is -1.88. The summed E-state index contributed by atoms with van der Waals surface area (Å²) in [7, 11) is 0. The molecule has 0 radical (unpaired) electrons. The molecule has 0 saturated carbocycles. The van der Waals surface area contributed by atoms with Gasteiger partial charge in [0.15, 0.2) is 10.2 Å². The Bertz CT molecular complexity index is 575. The molecule has 0 unspecified atom stereocenters. The van der Waals surface area contributed by atoms with Gasteiger partial charge < -0.3 is 4.52 Å². The highest BCUT2D eigenvalue weighted by molar-refractivity contribution is 8.00. The van der Waals surface area contributed by atoms with Gasteiger partial charge in [-0.25, -0.2) is 0 Å². The van der Waals surface area contributed by atoms with Gasteiger partial charge >= 0.3 is 0 Å². The average molecular weight is 282 g/mol. The van der Waals surface area contributed by atoms with Gasteiger partial charge in [0.05, 0.1) is 11.3 Å². The first-order chi connectivity index (χ1) is 8.42. The molecule has 0 aliphatic carbocycles. The van der Waals surface area contributed by atoms with Gasteiger partial charge in [0.25, 0.3) is 5.89 Å². The number of hydrogen-bond acceptors (Lipinski definition) is 8. The molecular formula is C9H6N4OS3. The molecule has 0 atom stereocenters. The highest BCUT2D eigenvalue weighted by Gasteiger charge is 2.09. The topological polar surface area (TPSA) is 64.7 Å². The molecule has 3 aromatic heterocycles. The van der Waals surface area contributed by atoms with E-state index in [0.29, 0.717) is 17.5 Å². The van der Waals surface area contributed by atoms with Gasteiger partial charge in [-0.3, -0.25) is 0 Å². The quantitative estimate of drug-likeness (QED) is 0.685. The van der Waals surface area contributed by atoms with Gasteiger partial charge in [-0.1, -0.05) is 28.3 Å². The zero-order valence-electron chi connectivity index (χ0n) is 8.44. The summed E-state index contributed by atoms with van der Waals surface area (Å²) in [6.45, 7) is 0. The van der Waals surface area contributed by atoms with Crippen molar-refractivity contribution in [3.05, 3.63) is 28.2 Å². The Balaban J connectivity index is 1.69. The monoisotopic (exact) mass is 282 g/mol. The highest BCUT2D eigenvalue weighted by atomic mass is 32.2. The maximum absolute atomic E-state index is 5.18. The van der Waals surface area contributed by atoms with Crippen molar-refractivity contribution in [2.24, 2.45) is 0 Å². The lowest BCUT2D eigenvalue weighted by molar-refractivity contribution is 0.425. The van der Waals surface area contributed by atoms with Crippen molar-refractivity contribution >= 4 is 34.4 Å². The van der Waals surface area contributed by atoms with Crippen LogP contribution in [0.5, 0.6) is 0 Å². The lowest BCUT2D eigenvalue weighted by atomic mass is 10.3. The fourth-order valence-corrected chi connectivity index (χ4v) is 3.13. The minimum atomic E-state index is 0.569. The predicted molar refractivity (Wildman–Crippen MR) is 67.1 cm³/mol. The van der Waals surface area contributed by atoms with Crippen LogP contribution in [0.1, 0.15) is 5.82 Å². The van der Waals surface area contributed by atoms with Crippen LogP contribution in [0.15, 0.2) is 31.2 Å². The van der Waals surface area contributed by atoms with Gasteiger partial charge in [-0.2, -0.15) is 16.3 Å². The van der Waals surface area contributed by atoms with Crippen molar-refractivity contribution in [1.82, 2.24) is 20.3 Å². The number of nitrogens with zero attached hydrogens (tertiary/aromatic N) is 4. The fourth-order valence-electron chi connectivity index (χ4n) is 1.17. The molecule has 0 fully saturated rings. The molecule has 0 aliphatic rings. The summed E-state index contributed by atoms with van der Waals surface area (Å²) >= 11 is 4.66. The number of thioether (sulfide) groups is 1. The van der Waals surface area contributed by atoms with Gasteiger partial charge in [-0.05, 0) is 11.4 Å². The normalized spacial score (nSPS) is 10.8. The van der Waals surface area contributed by atoms with Crippen LogP contribution in [-0.4, -0.2) is 20.3 Å². The Morgan fingerprint density at radius 2 is 2.41 bits per heavy atom. The minimum Gasteiger partial charge on any atom is -0.334 e. The molecule has 86 valence electrons. The summed E-state index contributed by atoms with van der Waals surface area (Å²) in [4.78, 5) is 4.32. The Morgan fingerprint density at radius 3 is 3.18 bits per heavy atom. The SMILES string of the molecule is c1cc(-c2nc(CSc3nncs3)no2)cs1. The largest absolute Gasteiger partial charge is 0.334 e. The summed E-state index contributed by atoms with van der Waals surface area (Å²) < 4.78 is 6.09. The third kappa shape index (κ3) is 2.54. The van der Waals surface area contributed by atoms with E-state index in [0.717, 1.165) is 9.90 Å². The van der Waals surface area contributed by atoms with Gasteiger partial charge in [-0.15, -0.1) is 10.2 Å². The maximum atomic E-state index is 5.18. The standard InChI is InChI=1S/C9H6N4OS3/c1-2-15-3-6(1)8-11-7(13-14-8)4-16-9-12-10-5-17-9/h1-3,5H,4H2. The molecule has 3 rings (SSSR count). The molecule has 0 amide bonds. The number of hydrogen-bond donors (Lipinski definition) is 0. The van der Waals surface area contributed by atoms with Crippen LogP contribution in [0.4, 0.5) is 0 Å². The van der Waals surface area contributed by atoms with E-state index in [4.69, 9.17) is 4.52 Å². The van der Waals surface area contributed by atoms with Crippen molar-refractivity contribution in [1.29, 1.82) is 0 Å². The van der Waals surface area contributed by atoms with Gasteiger partial charge in [0.1, 0.15) is 5.51 Å². The van der Waals surface area contributed by atoms with Crippen molar-refractivity contribution in [3.63, 3.8) is 0 Å². The Kier molecular flexibility index (Phi) is 3.16. The minimum absolute atomic E-state index is 0.569. The average Bonchev–Trinajstić information content (AvgIpc) is 3.09. The van der Waals surface area contributed by atoms with E-state index in [1.54, 1.807) is 28.6 Å². The van der Waals surface area contributed by atoms with E-state index in [9.17, 15) is 0 Å². The van der Waals surface area contributed by atoms with Crippen molar-refractivity contribution < 1.29 is 4.52 Å². The molecule has 0 aliphatic heterocycles. The first-order valence-corrected chi connectivity index (χ1v) is 7.47. The smallest absolute Gasteiger partial charge is 0.258 e. The molecule has 8 heteroatoms. The van der Waals surface area contributed by atoms with E-state index < -0.39 is 0 Å². The summed E-state index contributed by atoms with van der Waals surface area (Å²) in [6.07, 6.45) is 0. The molecule has 3 heterocycles. The second-order valence-electron chi connectivity index (χ2n) is 3.02. The fraction of sp³-hybridized carbons (Fsp3) is 0.111. The van der Waals surface area contributed by atoms with Crippen molar-refractivity contribution in [2.45, 2.75) is 10.1 Å². The second-order valence-corrected chi connectivity index (χ2v) is 5.86. The summed E-state index contributed by atoms with van der Waals surface area (Å²) in [5, 5.41) is 15.6.